The Hall–Kier alpha value is -4.37. The van der Waals surface area contributed by atoms with Gasteiger partial charge in [-0.05, 0) is 36.6 Å². The topological polar surface area (TPSA) is 92.7 Å². The van der Waals surface area contributed by atoms with Crippen molar-refractivity contribution in [2.75, 3.05) is 5.32 Å². The van der Waals surface area contributed by atoms with Gasteiger partial charge in [0.2, 0.25) is 0 Å². The van der Waals surface area contributed by atoms with Crippen LogP contribution < -0.4 is 16.4 Å². The van der Waals surface area contributed by atoms with Gasteiger partial charge in [0.05, 0.1) is 29.4 Å². The lowest BCUT2D eigenvalue weighted by molar-refractivity contribution is -0.138. The third kappa shape index (κ3) is 6.36. The molecule has 0 radical (unpaired) electrons. The van der Waals surface area contributed by atoms with Crippen LogP contribution in [0.15, 0.2) is 52.4 Å². The zero-order valence-corrected chi connectivity index (χ0v) is 20.7. The minimum absolute atomic E-state index is 0.0654. The van der Waals surface area contributed by atoms with Crippen molar-refractivity contribution in [1.29, 1.82) is 0 Å². The molecule has 41 heavy (non-hydrogen) atoms. The fourth-order valence-electron chi connectivity index (χ4n) is 4.21. The van der Waals surface area contributed by atoms with E-state index in [9.17, 15) is 49.1 Å². The van der Waals surface area contributed by atoms with Crippen molar-refractivity contribution < 1.29 is 39.5 Å². The summed E-state index contributed by atoms with van der Waals surface area (Å²) in [5, 5.41) is 7.19. The van der Waals surface area contributed by atoms with Crippen molar-refractivity contribution in [3.05, 3.63) is 86.3 Å². The molecule has 4 aromatic rings. The lowest BCUT2D eigenvalue weighted by Crippen LogP contribution is -2.30. The summed E-state index contributed by atoms with van der Waals surface area (Å²) in [7, 11) is 0. The van der Waals surface area contributed by atoms with Crippen LogP contribution in [0.3, 0.4) is 0 Å². The predicted octanol–water partition coefficient (Wildman–Crippen LogP) is 5.69. The number of alkyl halides is 7. The standard InChI is InChI=1S/C25H18F9N5O2/c1-11(37-19-9-36-38-22(40)20(19)25(32,33)34)4-14(26)10-39-3-2-12-5-16(17(27)7-15(12)23(39)41)21-18(28)6-13(8-35-21)24(29,30)31/h2-3,5-9,11,14H,4,10H2,1H3,(H2,37,38,40)/t11-,14+/m0/s1. The number of rotatable bonds is 7. The molecule has 0 amide bonds. The zero-order valence-electron chi connectivity index (χ0n) is 20.7. The smallest absolute Gasteiger partial charge is 0.381 e. The third-order valence-electron chi connectivity index (χ3n) is 6.03. The molecule has 3 heterocycles. The number of nitrogens with zero attached hydrogens (tertiary/aromatic N) is 3. The van der Waals surface area contributed by atoms with Crippen LogP contribution in [0.4, 0.5) is 45.2 Å². The number of hydrogen-bond acceptors (Lipinski definition) is 5. The second-order valence-electron chi connectivity index (χ2n) is 9.11. The second kappa shape index (κ2) is 10.9. The summed E-state index contributed by atoms with van der Waals surface area (Å²) in [5.74, 6) is -2.60. The van der Waals surface area contributed by atoms with Crippen molar-refractivity contribution in [2.45, 2.75) is 44.5 Å². The van der Waals surface area contributed by atoms with E-state index in [1.165, 1.54) is 13.0 Å². The summed E-state index contributed by atoms with van der Waals surface area (Å²) < 4.78 is 123. The van der Waals surface area contributed by atoms with Crippen LogP contribution in [-0.2, 0) is 18.9 Å². The number of fused-ring (bicyclic) bond motifs is 1. The van der Waals surface area contributed by atoms with Crippen LogP contribution >= 0.6 is 0 Å². The SMILES string of the molecule is C[C@@H](C[C@@H](F)Cn1ccc2cc(-c3ncc(C(F)(F)F)cc3F)c(F)cc2c1=O)Nc1cn[nH]c(=O)c1C(F)(F)F. The lowest BCUT2D eigenvalue weighted by Gasteiger charge is -2.20. The third-order valence-corrected chi connectivity index (χ3v) is 6.03. The highest BCUT2D eigenvalue weighted by Crippen LogP contribution is 2.34. The van der Waals surface area contributed by atoms with Crippen LogP contribution in [0, 0.1) is 11.6 Å². The fourth-order valence-corrected chi connectivity index (χ4v) is 4.21. The van der Waals surface area contributed by atoms with E-state index < -0.39 is 88.4 Å². The number of halogens is 9. The van der Waals surface area contributed by atoms with Crippen molar-refractivity contribution in [3.8, 4) is 11.3 Å². The van der Waals surface area contributed by atoms with E-state index in [0.717, 1.165) is 29.1 Å². The van der Waals surface area contributed by atoms with Gasteiger partial charge in [-0.3, -0.25) is 14.6 Å². The van der Waals surface area contributed by atoms with Crippen LogP contribution in [0.5, 0.6) is 0 Å². The summed E-state index contributed by atoms with van der Waals surface area (Å²) in [6, 6.07) is 2.22. The number of nitrogens with one attached hydrogen (secondary N) is 2. The average molecular weight is 591 g/mol. The van der Waals surface area contributed by atoms with Crippen LogP contribution in [-0.4, -0.2) is 32.0 Å². The molecule has 1 aromatic carbocycles. The molecule has 2 atom stereocenters. The Balaban J connectivity index is 1.54. The van der Waals surface area contributed by atoms with E-state index in [-0.39, 0.29) is 16.8 Å². The van der Waals surface area contributed by atoms with E-state index in [1.54, 1.807) is 5.10 Å². The Kier molecular flexibility index (Phi) is 7.87. The molecule has 0 aliphatic carbocycles. The number of aromatic amines is 1. The maximum atomic E-state index is 14.9. The molecule has 218 valence electrons. The largest absolute Gasteiger partial charge is 0.423 e. The Morgan fingerprint density at radius 3 is 2.34 bits per heavy atom. The van der Waals surface area contributed by atoms with Crippen LogP contribution in [0.2, 0.25) is 0 Å². The highest BCUT2D eigenvalue weighted by molar-refractivity contribution is 5.86. The van der Waals surface area contributed by atoms with Crippen LogP contribution in [0.25, 0.3) is 22.0 Å². The van der Waals surface area contributed by atoms with Gasteiger partial charge in [-0.2, -0.15) is 31.4 Å². The first-order valence-corrected chi connectivity index (χ1v) is 11.7. The number of hydrogen-bond donors (Lipinski definition) is 2. The van der Waals surface area contributed by atoms with E-state index in [2.05, 4.69) is 15.4 Å². The van der Waals surface area contributed by atoms with Gasteiger partial charge in [0.25, 0.3) is 11.1 Å². The summed E-state index contributed by atoms with van der Waals surface area (Å²) in [6.45, 7) is 0.779. The highest BCUT2D eigenvalue weighted by atomic mass is 19.4. The van der Waals surface area contributed by atoms with E-state index in [0.29, 0.717) is 6.20 Å². The molecule has 0 unspecified atom stereocenters. The first-order valence-electron chi connectivity index (χ1n) is 11.7. The van der Waals surface area contributed by atoms with Gasteiger partial charge in [-0.15, -0.1) is 0 Å². The summed E-state index contributed by atoms with van der Waals surface area (Å²) in [5.41, 5.74) is -7.12. The van der Waals surface area contributed by atoms with Crippen LogP contribution in [0.1, 0.15) is 24.5 Å². The van der Waals surface area contributed by atoms with E-state index in [1.807, 2.05) is 0 Å². The maximum absolute atomic E-state index is 14.9. The second-order valence-corrected chi connectivity index (χ2v) is 9.11. The Labute approximate surface area is 223 Å². The molecule has 3 aromatic heterocycles. The van der Waals surface area contributed by atoms with Crippen molar-refractivity contribution >= 4 is 16.5 Å². The molecule has 4 rings (SSSR count). The molecule has 7 nitrogen and oxygen atoms in total. The molecule has 0 saturated carbocycles. The first-order chi connectivity index (χ1) is 19.1. The summed E-state index contributed by atoms with van der Waals surface area (Å²) in [6.07, 6.45) is -9.84. The lowest BCUT2D eigenvalue weighted by atomic mass is 10.0. The van der Waals surface area contributed by atoms with Crippen molar-refractivity contribution in [1.82, 2.24) is 19.7 Å². The van der Waals surface area contributed by atoms with Gasteiger partial charge in [0.1, 0.15) is 29.1 Å². The van der Waals surface area contributed by atoms with Crippen molar-refractivity contribution in [3.63, 3.8) is 0 Å². The quantitative estimate of drug-likeness (QED) is 0.270. The normalized spacial score (nSPS) is 13.8. The number of anilines is 1. The van der Waals surface area contributed by atoms with Gasteiger partial charge in [0.15, 0.2) is 0 Å². The minimum Gasteiger partial charge on any atom is -0.381 e. The van der Waals surface area contributed by atoms with Gasteiger partial charge in [-0.25, -0.2) is 18.3 Å². The summed E-state index contributed by atoms with van der Waals surface area (Å²) >= 11 is 0. The maximum Gasteiger partial charge on any atom is 0.423 e. The monoisotopic (exact) mass is 591 g/mol. The van der Waals surface area contributed by atoms with E-state index >= 15 is 0 Å². The van der Waals surface area contributed by atoms with Gasteiger partial charge in [-0.1, -0.05) is 0 Å². The Bertz CT molecular complexity index is 1710. The Morgan fingerprint density at radius 1 is 1.00 bits per heavy atom. The molecular formula is C25H18F9N5O2. The molecule has 0 aliphatic rings. The number of pyridine rings is 2. The molecule has 2 N–H and O–H groups in total. The van der Waals surface area contributed by atoms with Crippen molar-refractivity contribution in [2.24, 2.45) is 0 Å². The molecule has 16 heteroatoms. The Morgan fingerprint density at radius 2 is 1.71 bits per heavy atom. The molecule has 0 fully saturated rings. The number of aromatic nitrogens is 4. The van der Waals surface area contributed by atoms with Gasteiger partial charge >= 0.3 is 12.4 Å². The number of benzene rings is 1. The zero-order chi connectivity index (χ0) is 30.3. The molecule has 0 spiro atoms. The highest BCUT2D eigenvalue weighted by Gasteiger charge is 2.37. The number of H-pyrrole nitrogens is 1. The predicted molar refractivity (Wildman–Crippen MR) is 129 cm³/mol. The molecular weight excluding hydrogens is 573 g/mol. The minimum atomic E-state index is -5.00. The molecule has 0 bridgehead atoms. The summed E-state index contributed by atoms with van der Waals surface area (Å²) in [4.78, 5) is 27.9. The van der Waals surface area contributed by atoms with Gasteiger partial charge < -0.3 is 9.88 Å². The first kappa shape index (κ1) is 29.6. The average Bonchev–Trinajstić information content (AvgIpc) is 2.84. The molecule has 0 saturated heterocycles. The molecule has 0 aliphatic heterocycles. The van der Waals surface area contributed by atoms with E-state index in [4.69, 9.17) is 0 Å². The van der Waals surface area contributed by atoms with Gasteiger partial charge in [0, 0.05) is 30.4 Å². The fraction of sp³-hybridized carbons (Fsp3) is 0.280.